The number of methoxy groups -OCH3 is 1. The van der Waals surface area contributed by atoms with Gasteiger partial charge in [-0.05, 0) is 18.6 Å². The van der Waals surface area contributed by atoms with Crippen LogP contribution in [-0.4, -0.2) is 64.6 Å². The Labute approximate surface area is 162 Å². The van der Waals surface area contributed by atoms with E-state index in [4.69, 9.17) is 4.74 Å². The van der Waals surface area contributed by atoms with Gasteiger partial charge in [-0.1, -0.05) is 30.8 Å². The van der Waals surface area contributed by atoms with Crippen LogP contribution in [0.1, 0.15) is 13.3 Å². The molecule has 2 aromatic rings. The summed E-state index contributed by atoms with van der Waals surface area (Å²) in [5.41, 5.74) is 0.832. The molecule has 1 amide bonds. The number of nitrogens with zero attached hydrogens (tertiary/aromatic N) is 4. The molecule has 1 saturated heterocycles. The number of H-pyrrole nitrogens is 1. The third kappa shape index (κ3) is 4.47. The van der Waals surface area contributed by atoms with E-state index in [1.54, 1.807) is 11.7 Å². The number of ether oxygens (including phenoxy) is 1. The molecule has 1 aromatic carbocycles. The summed E-state index contributed by atoms with van der Waals surface area (Å²) in [4.78, 5) is 28.4. The summed E-state index contributed by atoms with van der Waals surface area (Å²) in [5, 5.41) is 7.04. The van der Waals surface area contributed by atoms with Gasteiger partial charge in [0, 0.05) is 32.7 Å². The summed E-state index contributed by atoms with van der Waals surface area (Å²) in [7, 11) is 1.67. The third-order valence-electron chi connectivity index (χ3n) is 4.55. The molecular weight excluding hydrogens is 366 g/mol. The molecule has 0 bridgehead atoms. The SMILES string of the molecule is CCCn1c(SCC(=O)N2CCN(c3ccccc3OC)CC2)n[nH]c1=O. The van der Waals surface area contributed by atoms with Gasteiger partial charge in [0.2, 0.25) is 5.91 Å². The first kappa shape index (κ1) is 19.3. The van der Waals surface area contributed by atoms with Crippen molar-refractivity contribution in [2.24, 2.45) is 0 Å². The fraction of sp³-hybridized carbons (Fsp3) is 0.500. The van der Waals surface area contributed by atoms with E-state index in [0.29, 0.717) is 24.8 Å². The smallest absolute Gasteiger partial charge is 0.343 e. The average molecular weight is 391 g/mol. The van der Waals surface area contributed by atoms with Gasteiger partial charge in [-0.25, -0.2) is 9.89 Å². The molecule has 3 rings (SSSR count). The fourth-order valence-corrected chi connectivity index (χ4v) is 4.01. The van der Waals surface area contributed by atoms with E-state index in [1.807, 2.05) is 36.1 Å². The number of piperazine rings is 1. The molecule has 0 radical (unpaired) electrons. The summed E-state index contributed by atoms with van der Waals surface area (Å²) in [6.45, 7) is 5.46. The van der Waals surface area contributed by atoms with E-state index in [0.717, 1.165) is 30.9 Å². The number of aromatic amines is 1. The number of hydrogen-bond donors (Lipinski definition) is 1. The number of thioether (sulfide) groups is 1. The quantitative estimate of drug-likeness (QED) is 0.719. The Kier molecular flexibility index (Phi) is 6.44. The first-order valence-electron chi connectivity index (χ1n) is 9.07. The molecule has 0 atom stereocenters. The van der Waals surface area contributed by atoms with Gasteiger partial charge in [-0.2, -0.15) is 0 Å². The molecule has 0 aliphatic carbocycles. The lowest BCUT2D eigenvalue weighted by Crippen LogP contribution is -2.49. The highest BCUT2D eigenvalue weighted by molar-refractivity contribution is 7.99. The number of rotatable bonds is 7. The second kappa shape index (κ2) is 8.98. The van der Waals surface area contributed by atoms with Crippen molar-refractivity contribution >= 4 is 23.4 Å². The Morgan fingerprint density at radius 2 is 2.00 bits per heavy atom. The molecule has 27 heavy (non-hydrogen) atoms. The largest absolute Gasteiger partial charge is 0.495 e. The van der Waals surface area contributed by atoms with Crippen molar-refractivity contribution in [3.8, 4) is 5.75 Å². The van der Waals surface area contributed by atoms with Gasteiger partial charge in [-0.3, -0.25) is 9.36 Å². The highest BCUT2D eigenvalue weighted by Gasteiger charge is 2.23. The molecular formula is C18H25N5O3S. The molecule has 2 heterocycles. The molecule has 146 valence electrons. The van der Waals surface area contributed by atoms with Crippen LogP contribution in [0, 0.1) is 0 Å². The van der Waals surface area contributed by atoms with Crippen molar-refractivity contribution < 1.29 is 9.53 Å². The van der Waals surface area contributed by atoms with Crippen LogP contribution < -0.4 is 15.3 Å². The predicted octanol–water partition coefficient (Wildman–Crippen LogP) is 1.43. The first-order valence-corrected chi connectivity index (χ1v) is 10.1. The van der Waals surface area contributed by atoms with E-state index >= 15 is 0 Å². The number of benzene rings is 1. The topological polar surface area (TPSA) is 83.5 Å². The highest BCUT2D eigenvalue weighted by Crippen LogP contribution is 2.28. The molecule has 1 aliphatic heterocycles. The van der Waals surface area contributed by atoms with Crippen molar-refractivity contribution in [1.29, 1.82) is 0 Å². The fourth-order valence-electron chi connectivity index (χ4n) is 3.14. The number of nitrogens with one attached hydrogen (secondary N) is 1. The molecule has 0 unspecified atom stereocenters. The molecule has 1 aliphatic rings. The Bertz CT molecular complexity index is 826. The van der Waals surface area contributed by atoms with E-state index in [9.17, 15) is 9.59 Å². The monoisotopic (exact) mass is 391 g/mol. The summed E-state index contributed by atoms with van der Waals surface area (Å²) in [5.74, 6) is 1.20. The lowest BCUT2D eigenvalue weighted by molar-refractivity contribution is -0.128. The molecule has 8 nitrogen and oxygen atoms in total. The normalized spacial score (nSPS) is 14.4. The van der Waals surface area contributed by atoms with Crippen LogP contribution in [0.4, 0.5) is 5.69 Å². The summed E-state index contributed by atoms with van der Waals surface area (Å²) in [6.07, 6.45) is 0.839. The van der Waals surface area contributed by atoms with E-state index in [2.05, 4.69) is 15.1 Å². The zero-order valence-electron chi connectivity index (χ0n) is 15.7. The van der Waals surface area contributed by atoms with Crippen LogP contribution in [0.2, 0.25) is 0 Å². The van der Waals surface area contributed by atoms with Crippen molar-refractivity contribution in [2.45, 2.75) is 25.0 Å². The van der Waals surface area contributed by atoms with Gasteiger partial charge in [0.25, 0.3) is 0 Å². The number of para-hydroxylation sites is 2. The zero-order valence-corrected chi connectivity index (χ0v) is 16.5. The number of carbonyl (C=O) groups is 1. The van der Waals surface area contributed by atoms with Gasteiger partial charge in [-0.15, -0.1) is 5.10 Å². The maximum Gasteiger partial charge on any atom is 0.343 e. The zero-order chi connectivity index (χ0) is 19.2. The summed E-state index contributed by atoms with van der Waals surface area (Å²) >= 11 is 1.31. The van der Waals surface area contributed by atoms with E-state index in [-0.39, 0.29) is 17.3 Å². The summed E-state index contributed by atoms with van der Waals surface area (Å²) < 4.78 is 7.01. The third-order valence-corrected chi connectivity index (χ3v) is 5.51. The lowest BCUT2D eigenvalue weighted by Gasteiger charge is -2.36. The minimum atomic E-state index is -0.225. The molecule has 1 N–H and O–H groups in total. The lowest BCUT2D eigenvalue weighted by atomic mass is 10.2. The number of carbonyl (C=O) groups excluding carboxylic acids is 1. The molecule has 0 spiro atoms. The summed E-state index contributed by atoms with van der Waals surface area (Å²) in [6, 6.07) is 7.93. The Hall–Kier alpha value is -2.42. The second-order valence-corrected chi connectivity index (χ2v) is 7.23. The Morgan fingerprint density at radius 3 is 2.70 bits per heavy atom. The molecule has 1 aromatic heterocycles. The molecule has 0 saturated carbocycles. The highest BCUT2D eigenvalue weighted by atomic mass is 32.2. The van der Waals surface area contributed by atoms with Gasteiger partial charge in [0.1, 0.15) is 5.75 Å². The average Bonchev–Trinajstić information content (AvgIpc) is 3.06. The van der Waals surface area contributed by atoms with E-state index in [1.165, 1.54) is 11.8 Å². The molecule has 9 heteroatoms. The van der Waals surface area contributed by atoms with Crippen molar-refractivity contribution in [3.05, 3.63) is 34.7 Å². The second-order valence-electron chi connectivity index (χ2n) is 6.29. The van der Waals surface area contributed by atoms with Crippen molar-refractivity contribution in [2.75, 3.05) is 43.9 Å². The van der Waals surface area contributed by atoms with Gasteiger partial charge < -0.3 is 14.5 Å². The Balaban J connectivity index is 1.54. The number of hydrogen-bond acceptors (Lipinski definition) is 6. The van der Waals surface area contributed by atoms with Crippen molar-refractivity contribution in [1.82, 2.24) is 19.7 Å². The van der Waals surface area contributed by atoms with E-state index < -0.39 is 0 Å². The van der Waals surface area contributed by atoms with Crippen molar-refractivity contribution in [3.63, 3.8) is 0 Å². The van der Waals surface area contributed by atoms with Gasteiger partial charge in [0.05, 0.1) is 18.6 Å². The van der Waals surface area contributed by atoms with Crippen LogP contribution in [0.5, 0.6) is 5.75 Å². The first-order chi connectivity index (χ1) is 13.1. The van der Waals surface area contributed by atoms with Crippen LogP contribution >= 0.6 is 11.8 Å². The predicted molar refractivity (Wildman–Crippen MR) is 106 cm³/mol. The minimum absolute atomic E-state index is 0.0678. The van der Waals surface area contributed by atoms with Gasteiger partial charge in [0.15, 0.2) is 5.16 Å². The minimum Gasteiger partial charge on any atom is -0.495 e. The Morgan fingerprint density at radius 1 is 1.26 bits per heavy atom. The van der Waals surface area contributed by atoms with Crippen LogP contribution in [-0.2, 0) is 11.3 Å². The number of aromatic nitrogens is 3. The standard InChI is InChI=1S/C18H25N5O3S/c1-3-8-23-17(25)19-20-18(23)27-13-16(24)22-11-9-21(10-12-22)14-6-4-5-7-15(14)26-2/h4-7H,3,8-13H2,1-2H3,(H,19,25). The number of anilines is 1. The maximum absolute atomic E-state index is 12.6. The van der Waals surface area contributed by atoms with Gasteiger partial charge >= 0.3 is 5.69 Å². The van der Waals surface area contributed by atoms with Crippen LogP contribution in [0.15, 0.2) is 34.2 Å². The van der Waals surface area contributed by atoms with Crippen LogP contribution in [0.3, 0.4) is 0 Å². The molecule has 1 fully saturated rings. The number of amides is 1. The van der Waals surface area contributed by atoms with Crippen LogP contribution in [0.25, 0.3) is 0 Å². The maximum atomic E-state index is 12.6.